The highest BCUT2D eigenvalue weighted by Gasteiger charge is 2.50. The molecule has 2 atom stereocenters. The Morgan fingerprint density at radius 2 is 1.92 bits per heavy atom. The van der Waals surface area contributed by atoms with Gasteiger partial charge in [-0.3, -0.25) is 14.6 Å². The molecule has 0 N–H and O–H groups in total. The number of β-lactam (4-membered cyclic amide) rings is 1. The highest BCUT2D eigenvalue weighted by atomic mass is 35.5. The first-order valence-electron chi connectivity index (χ1n) is 8.49. The fourth-order valence-corrected chi connectivity index (χ4v) is 4.81. The van der Waals surface area contributed by atoms with Crippen molar-refractivity contribution >= 4 is 45.6 Å². The molecule has 3 heterocycles. The molecule has 2 saturated heterocycles. The molecule has 138 valence electrons. The van der Waals surface area contributed by atoms with Gasteiger partial charge in [0.1, 0.15) is 10.4 Å². The Hall–Kier alpha value is -1.25. The predicted molar refractivity (Wildman–Crippen MR) is 104 cm³/mol. The minimum absolute atomic E-state index is 0.154. The van der Waals surface area contributed by atoms with E-state index in [4.69, 9.17) is 23.2 Å². The highest BCUT2D eigenvalue weighted by Crippen LogP contribution is 2.45. The second-order valence-corrected chi connectivity index (χ2v) is 8.55. The summed E-state index contributed by atoms with van der Waals surface area (Å²) in [5.41, 5.74) is 0.838. The first-order chi connectivity index (χ1) is 12.5. The largest absolute Gasteiger partial charge is 0.304 e. The van der Waals surface area contributed by atoms with E-state index in [1.165, 1.54) is 11.3 Å². The Morgan fingerprint density at radius 3 is 2.65 bits per heavy atom. The summed E-state index contributed by atoms with van der Waals surface area (Å²) in [5, 5.41) is 10.00. The van der Waals surface area contributed by atoms with Gasteiger partial charge in [0.2, 0.25) is 11.0 Å². The molecule has 0 bridgehead atoms. The van der Waals surface area contributed by atoms with E-state index in [1.54, 1.807) is 11.0 Å². The van der Waals surface area contributed by atoms with Gasteiger partial charge in [0.15, 0.2) is 0 Å². The van der Waals surface area contributed by atoms with Crippen molar-refractivity contribution in [2.45, 2.75) is 18.0 Å². The monoisotopic (exact) mass is 411 g/mol. The quantitative estimate of drug-likeness (QED) is 0.571. The first-order valence-corrected chi connectivity index (χ1v) is 10.1. The number of hydrogen-bond acceptors (Lipinski definition) is 6. The van der Waals surface area contributed by atoms with Crippen LogP contribution in [0.4, 0.5) is 5.13 Å². The van der Waals surface area contributed by atoms with E-state index < -0.39 is 5.38 Å². The number of alkyl halides is 1. The number of carbonyl (C=O) groups is 1. The predicted octanol–water partition coefficient (Wildman–Crippen LogP) is 2.63. The third-order valence-electron chi connectivity index (χ3n) is 4.87. The number of likely N-dealkylation sites (N-methyl/N-ethyl adjacent to an activating group) is 1. The van der Waals surface area contributed by atoms with Crippen LogP contribution in [-0.4, -0.2) is 64.5 Å². The Labute approximate surface area is 166 Å². The van der Waals surface area contributed by atoms with Crippen molar-refractivity contribution in [1.29, 1.82) is 0 Å². The number of benzene rings is 1. The Morgan fingerprint density at radius 1 is 1.19 bits per heavy atom. The molecule has 2 unspecified atom stereocenters. The number of nitrogens with zero attached hydrogens (tertiary/aromatic N) is 5. The molecule has 2 fully saturated rings. The van der Waals surface area contributed by atoms with Crippen LogP contribution in [-0.2, 0) is 11.3 Å². The van der Waals surface area contributed by atoms with E-state index in [9.17, 15) is 4.79 Å². The standard InChI is InChI=1S/C17H19Cl2N5OS/c1-22-6-8-23(9-7-22)10-13-20-21-17(26-13)24-15(14(19)16(24)25)11-4-2-3-5-12(11)18/h2-5,14-15H,6-10H2,1H3. The molecule has 6 nitrogen and oxygen atoms in total. The van der Waals surface area contributed by atoms with Crippen LogP contribution in [0.2, 0.25) is 5.02 Å². The summed E-state index contributed by atoms with van der Waals surface area (Å²) in [5.74, 6) is -0.154. The van der Waals surface area contributed by atoms with Gasteiger partial charge in [-0.1, -0.05) is 41.1 Å². The minimum Gasteiger partial charge on any atom is -0.304 e. The molecular weight excluding hydrogens is 393 g/mol. The summed E-state index contributed by atoms with van der Waals surface area (Å²) in [6.07, 6.45) is 0. The number of carbonyl (C=O) groups excluding carboxylic acids is 1. The molecule has 0 saturated carbocycles. The van der Waals surface area contributed by atoms with Crippen molar-refractivity contribution in [1.82, 2.24) is 20.0 Å². The molecule has 26 heavy (non-hydrogen) atoms. The maximum atomic E-state index is 12.4. The average molecular weight is 412 g/mol. The minimum atomic E-state index is -0.625. The van der Waals surface area contributed by atoms with E-state index in [0.717, 1.165) is 43.3 Å². The summed E-state index contributed by atoms with van der Waals surface area (Å²) in [4.78, 5) is 18.7. The van der Waals surface area contributed by atoms with Gasteiger partial charge in [-0.25, -0.2) is 0 Å². The molecule has 2 aromatic rings. The van der Waals surface area contributed by atoms with Gasteiger partial charge in [-0.2, -0.15) is 0 Å². The van der Waals surface area contributed by atoms with Crippen LogP contribution in [0.5, 0.6) is 0 Å². The lowest BCUT2D eigenvalue weighted by Gasteiger charge is -2.42. The number of anilines is 1. The molecule has 0 radical (unpaired) electrons. The summed E-state index contributed by atoms with van der Waals surface area (Å²) in [7, 11) is 2.13. The van der Waals surface area contributed by atoms with Gasteiger partial charge in [0.25, 0.3) is 0 Å². The Bertz CT molecular complexity index is 808. The third kappa shape index (κ3) is 3.34. The highest BCUT2D eigenvalue weighted by molar-refractivity contribution is 7.15. The third-order valence-corrected chi connectivity index (χ3v) is 6.55. The number of rotatable bonds is 4. The van der Waals surface area contributed by atoms with Crippen LogP contribution in [0.3, 0.4) is 0 Å². The molecule has 0 spiro atoms. The van der Waals surface area contributed by atoms with Gasteiger partial charge in [0.05, 0.1) is 12.6 Å². The van der Waals surface area contributed by atoms with Crippen molar-refractivity contribution in [2.75, 3.05) is 38.1 Å². The van der Waals surface area contributed by atoms with Crippen LogP contribution in [0.25, 0.3) is 0 Å². The molecule has 2 aliphatic rings. The second kappa shape index (κ2) is 7.40. The molecule has 1 aromatic carbocycles. The summed E-state index contributed by atoms with van der Waals surface area (Å²) in [6, 6.07) is 7.15. The summed E-state index contributed by atoms with van der Waals surface area (Å²) in [6.45, 7) is 4.90. The van der Waals surface area contributed by atoms with Crippen LogP contribution in [0.1, 0.15) is 16.6 Å². The maximum Gasteiger partial charge on any atom is 0.250 e. The Kier molecular flexibility index (Phi) is 5.16. The number of piperazine rings is 1. The Balaban J connectivity index is 1.51. The molecule has 0 aliphatic carbocycles. The normalized spacial score (nSPS) is 24.7. The smallest absolute Gasteiger partial charge is 0.250 e. The first kappa shape index (κ1) is 18.1. The lowest BCUT2D eigenvalue weighted by molar-refractivity contribution is -0.123. The number of amides is 1. The molecule has 9 heteroatoms. The van der Waals surface area contributed by atoms with E-state index in [0.29, 0.717) is 10.2 Å². The number of aromatic nitrogens is 2. The van der Waals surface area contributed by atoms with Crippen LogP contribution < -0.4 is 4.90 Å². The van der Waals surface area contributed by atoms with Crippen molar-refractivity contribution in [2.24, 2.45) is 0 Å². The van der Waals surface area contributed by atoms with Gasteiger partial charge in [0, 0.05) is 31.2 Å². The van der Waals surface area contributed by atoms with Crippen molar-refractivity contribution in [3.63, 3.8) is 0 Å². The fourth-order valence-electron chi connectivity index (χ4n) is 3.28. The van der Waals surface area contributed by atoms with Gasteiger partial charge < -0.3 is 4.90 Å². The zero-order valence-corrected chi connectivity index (χ0v) is 16.6. The lowest BCUT2D eigenvalue weighted by Crippen LogP contribution is -2.56. The zero-order valence-electron chi connectivity index (χ0n) is 14.3. The molecule has 1 amide bonds. The van der Waals surface area contributed by atoms with Crippen molar-refractivity contribution in [3.05, 3.63) is 39.9 Å². The van der Waals surface area contributed by atoms with E-state index in [-0.39, 0.29) is 11.9 Å². The van der Waals surface area contributed by atoms with Crippen LogP contribution in [0.15, 0.2) is 24.3 Å². The SMILES string of the molecule is CN1CCN(Cc2nnc(N3C(=O)C(Cl)C3c3ccccc3Cl)s2)CC1. The van der Waals surface area contributed by atoms with Crippen LogP contribution in [0, 0.1) is 0 Å². The number of halogens is 2. The van der Waals surface area contributed by atoms with E-state index in [2.05, 4.69) is 27.0 Å². The average Bonchev–Trinajstić information content (AvgIpc) is 3.09. The van der Waals surface area contributed by atoms with E-state index >= 15 is 0 Å². The number of hydrogen-bond donors (Lipinski definition) is 0. The van der Waals surface area contributed by atoms with Crippen molar-refractivity contribution < 1.29 is 4.79 Å². The molecule has 2 aliphatic heterocycles. The topological polar surface area (TPSA) is 52.6 Å². The second-order valence-electron chi connectivity index (χ2n) is 6.63. The van der Waals surface area contributed by atoms with Gasteiger partial charge in [-0.05, 0) is 18.7 Å². The summed E-state index contributed by atoms with van der Waals surface area (Å²) >= 11 is 14.0. The molecule has 1 aromatic heterocycles. The van der Waals surface area contributed by atoms with Crippen LogP contribution >= 0.6 is 34.5 Å². The van der Waals surface area contributed by atoms with E-state index in [1.807, 2.05) is 18.2 Å². The molecule has 4 rings (SSSR count). The maximum absolute atomic E-state index is 12.4. The van der Waals surface area contributed by atoms with Crippen molar-refractivity contribution in [3.8, 4) is 0 Å². The lowest BCUT2D eigenvalue weighted by atomic mass is 9.94. The fraction of sp³-hybridized carbons (Fsp3) is 0.471. The zero-order chi connectivity index (χ0) is 18.3. The molecular formula is C17H19Cl2N5OS. The summed E-state index contributed by atoms with van der Waals surface area (Å²) < 4.78 is 0. The van der Waals surface area contributed by atoms with Gasteiger partial charge in [-0.15, -0.1) is 21.8 Å². The van der Waals surface area contributed by atoms with Gasteiger partial charge >= 0.3 is 0 Å².